The van der Waals surface area contributed by atoms with Crippen LogP contribution in [0.1, 0.15) is 41.5 Å². The Morgan fingerprint density at radius 2 is 1.73 bits per heavy atom. The van der Waals surface area contributed by atoms with E-state index in [4.69, 9.17) is 4.74 Å². The predicted octanol–water partition coefficient (Wildman–Crippen LogP) is 2.23. The first kappa shape index (κ1) is 14.4. The fourth-order valence-corrected chi connectivity index (χ4v) is 1.55. The Morgan fingerprint density at radius 3 is 2.00 bits per heavy atom. The highest BCUT2D eigenvalue weighted by atomic mass is 16.5. The summed E-state index contributed by atoms with van der Waals surface area (Å²) < 4.78 is 5.43. The van der Waals surface area contributed by atoms with E-state index >= 15 is 0 Å². The summed E-state index contributed by atoms with van der Waals surface area (Å²) in [7, 11) is 0. The zero-order chi connectivity index (χ0) is 12.2. The molecule has 1 N–H and O–H groups in total. The van der Waals surface area contributed by atoms with Crippen LogP contribution in [0.4, 0.5) is 0 Å². The number of hydrogen-bond donors (Lipinski definition) is 1. The predicted molar refractivity (Wildman–Crippen MR) is 60.4 cm³/mol. The topological polar surface area (TPSA) is 46.5 Å². The zero-order valence-electron chi connectivity index (χ0n) is 10.7. The van der Waals surface area contributed by atoms with E-state index in [-0.39, 0.29) is 30.5 Å². The lowest BCUT2D eigenvalue weighted by atomic mass is 9.81. The van der Waals surface area contributed by atoms with Gasteiger partial charge < -0.3 is 9.84 Å². The molecule has 0 spiro atoms. The monoisotopic (exact) mass is 216 g/mol. The SMILES string of the molecule is CC(C)C(=O)O[C@@H](C(C)C)C(C)(C)CO. The second-order valence-electron chi connectivity index (χ2n) is 5.40. The van der Waals surface area contributed by atoms with Gasteiger partial charge in [0.05, 0.1) is 12.5 Å². The van der Waals surface area contributed by atoms with Crippen LogP contribution in [0, 0.1) is 17.3 Å². The summed E-state index contributed by atoms with van der Waals surface area (Å²) >= 11 is 0. The van der Waals surface area contributed by atoms with E-state index in [1.807, 2.05) is 41.5 Å². The maximum Gasteiger partial charge on any atom is 0.308 e. The van der Waals surface area contributed by atoms with Crippen LogP contribution < -0.4 is 0 Å². The van der Waals surface area contributed by atoms with Crippen LogP contribution in [0.25, 0.3) is 0 Å². The molecule has 3 heteroatoms. The van der Waals surface area contributed by atoms with Crippen molar-refractivity contribution in [2.45, 2.75) is 47.6 Å². The van der Waals surface area contributed by atoms with Gasteiger partial charge in [-0.15, -0.1) is 0 Å². The molecule has 0 aliphatic carbocycles. The van der Waals surface area contributed by atoms with Crippen molar-refractivity contribution in [2.75, 3.05) is 6.61 Å². The Kier molecular flexibility index (Phi) is 5.29. The molecular weight excluding hydrogens is 192 g/mol. The van der Waals surface area contributed by atoms with Gasteiger partial charge in [-0.1, -0.05) is 41.5 Å². The number of aliphatic hydroxyl groups is 1. The van der Waals surface area contributed by atoms with Gasteiger partial charge in [-0.2, -0.15) is 0 Å². The first-order valence-electron chi connectivity index (χ1n) is 5.53. The number of carbonyl (C=O) groups excluding carboxylic acids is 1. The fourth-order valence-electron chi connectivity index (χ4n) is 1.55. The molecule has 0 aromatic heterocycles. The molecule has 0 aromatic rings. The summed E-state index contributed by atoms with van der Waals surface area (Å²) in [6.07, 6.45) is -0.239. The maximum atomic E-state index is 11.5. The second-order valence-corrected chi connectivity index (χ2v) is 5.40. The largest absolute Gasteiger partial charge is 0.461 e. The van der Waals surface area contributed by atoms with Crippen molar-refractivity contribution in [2.24, 2.45) is 17.3 Å². The fraction of sp³-hybridized carbons (Fsp3) is 0.917. The number of aliphatic hydroxyl groups excluding tert-OH is 1. The van der Waals surface area contributed by atoms with E-state index in [1.54, 1.807) is 0 Å². The van der Waals surface area contributed by atoms with E-state index in [1.165, 1.54) is 0 Å². The van der Waals surface area contributed by atoms with Gasteiger partial charge in [0.25, 0.3) is 0 Å². The molecule has 0 saturated carbocycles. The molecule has 0 aromatic carbocycles. The molecule has 0 radical (unpaired) electrons. The van der Waals surface area contributed by atoms with Crippen molar-refractivity contribution in [3.05, 3.63) is 0 Å². The van der Waals surface area contributed by atoms with Gasteiger partial charge in [0.2, 0.25) is 0 Å². The van der Waals surface area contributed by atoms with Crippen molar-refractivity contribution in [1.82, 2.24) is 0 Å². The lowest BCUT2D eigenvalue weighted by molar-refractivity contribution is -0.164. The van der Waals surface area contributed by atoms with Crippen molar-refractivity contribution in [3.63, 3.8) is 0 Å². The van der Waals surface area contributed by atoms with Crippen LogP contribution in [0.5, 0.6) is 0 Å². The normalized spacial score (nSPS) is 14.5. The highest BCUT2D eigenvalue weighted by molar-refractivity contribution is 5.71. The second kappa shape index (κ2) is 5.50. The molecule has 0 unspecified atom stereocenters. The molecule has 1 atom stereocenters. The Labute approximate surface area is 92.8 Å². The van der Waals surface area contributed by atoms with E-state index in [9.17, 15) is 9.90 Å². The Morgan fingerprint density at radius 1 is 1.27 bits per heavy atom. The van der Waals surface area contributed by atoms with Gasteiger partial charge in [0, 0.05) is 5.41 Å². The molecular formula is C12H24O3. The summed E-state index contributed by atoms with van der Waals surface area (Å²) in [5.74, 6) is -0.120. The number of carbonyl (C=O) groups is 1. The summed E-state index contributed by atoms with van der Waals surface area (Å²) in [5.41, 5.74) is -0.390. The number of esters is 1. The van der Waals surface area contributed by atoms with Crippen LogP contribution in [0.3, 0.4) is 0 Å². The van der Waals surface area contributed by atoms with Crippen molar-refractivity contribution in [1.29, 1.82) is 0 Å². The van der Waals surface area contributed by atoms with Crippen LogP contribution in [-0.4, -0.2) is 23.8 Å². The number of ether oxygens (including phenoxy) is 1. The molecule has 3 nitrogen and oxygen atoms in total. The van der Waals surface area contributed by atoms with Crippen molar-refractivity contribution < 1.29 is 14.6 Å². The first-order chi connectivity index (χ1) is 6.72. The summed E-state index contributed by atoms with van der Waals surface area (Å²) in [4.78, 5) is 11.5. The summed E-state index contributed by atoms with van der Waals surface area (Å²) in [6.45, 7) is 11.4. The molecule has 15 heavy (non-hydrogen) atoms. The molecule has 90 valence electrons. The molecule has 0 amide bonds. The average Bonchev–Trinajstić information content (AvgIpc) is 2.12. The van der Waals surface area contributed by atoms with E-state index in [0.29, 0.717) is 0 Å². The summed E-state index contributed by atoms with van der Waals surface area (Å²) in [6, 6.07) is 0. The Bertz CT molecular complexity index is 207. The van der Waals surface area contributed by atoms with Crippen LogP contribution in [-0.2, 0) is 9.53 Å². The smallest absolute Gasteiger partial charge is 0.308 e. The third-order valence-corrected chi connectivity index (χ3v) is 2.50. The Hall–Kier alpha value is -0.570. The third kappa shape index (κ3) is 4.20. The highest BCUT2D eigenvalue weighted by Gasteiger charge is 2.35. The lowest BCUT2D eigenvalue weighted by Gasteiger charge is -2.35. The molecule has 0 aliphatic rings. The third-order valence-electron chi connectivity index (χ3n) is 2.50. The first-order valence-corrected chi connectivity index (χ1v) is 5.53. The minimum Gasteiger partial charge on any atom is -0.461 e. The number of hydrogen-bond acceptors (Lipinski definition) is 3. The van der Waals surface area contributed by atoms with Gasteiger partial charge >= 0.3 is 5.97 Å². The van der Waals surface area contributed by atoms with Gasteiger partial charge in [0.1, 0.15) is 6.10 Å². The molecule has 0 fully saturated rings. The van der Waals surface area contributed by atoms with E-state index < -0.39 is 5.41 Å². The van der Waals surface area contributed by atoms with Crippen LogP contribution >= 0.6 is 0 Å². The molecule has 0 heterocycles. The molecule has 0 rings (SSSR count). The minimum absolute atomic E-state index is 0.0151. The van der Waals surface area contributed by atoms with Crippen molar-refractivity contribution >= 4 is 5.97 Å². The quantitative estimate of drug-likeness (QED) is 0.717. The average molecular weight is 216 g/mol. The molecule has 0 aliphatic heterocycles. The number of rotatable bonds is 5. The van der Waals surface area contributed by atoms with Crippen molar-refractivity contribution in [3.8, 4) is 0 Å². The van der Waals surface area contributed by atoms with E-state index in [0.717, 1.165) is 0 Å². The molecule has 0 bridgehead atoms. The minimum atomic E-state index is -0.390. The van der Waals surface area contributed by atoms with E-state index in [2.05, 4.69) is 0 Å². The maximum absolute atomic E-state index is 11.5. The van der Waals surface area contributed by atoms with Gasteiger partial charge in [-0.3, -0.25) is 4.79 Å². The molecule has 0 saturated heterocycles. The Balaban J connectivity index is 4.63. The van der Waals surface area contributed by atoms with Crippen LogP contribution in [0.15, 0.2) is 0 Å². The van der Waals surface area contributed by atoms with Gasteiger partial charge in [-0.05, 0) is 5.92 Å². The standard InChI is InChI=1S/C12H24O3/c1-8(2)10(12(5,6)7-13)15-11(14)9(3)4/h8-10,13H,7H2,1-6H3/t10-/m0/s1. The van der Waals surface area contributed by atoms with Gasteiger partial charge in [0.15, 0.2) is 0 Å². The zero-order valence-corrected chi connectivity index (χ0v) is 10.7. The van der Waals surface area contributed by atoms with Crippen LogP contribution in [0.2, 0.25) is 0 Å². The highest BCUT2D eigenvalue weighted by Crippen LogP contribution is 2.29. The van der Waals surface area contributed by atoms with Gasteiger partial charge in [-0.25, -0.2) is 0 Å². The summed E-state index contributed by atoms with van der Waals surface area (Å²) in [5, 5.41) is 9.27. The lowest BCUT2D eigenvalue weighted by Crippen LogP contribution is -2.41.